The second kappa shape index (κ2) is 6.12. The summed E-state index contributed by atoms with van der Waals surface area (Å²) in [6.07, 6.45) is 1.79. The summed E-state index contributed by atoms with van der Waals surface area (Å²) < 4.78 is 0. The number of nitrogens with one attached hydrogen (secondary N) is 1. The summed E-state index contributed by atoms with van der Waals surface area (Å²) in [6, 6.07) is 16.0. The number of hydrogen-bond donors (Lipinski definition) is 2. The van der Waals surface area contributed by atoms with Crippen LogP contribution in [-0.4, -0.2) is 4.98 Å². The molecule has 0 aliphatic rings. The Hall–Kier alpha value is -2.10. The van der Waals surface area contributed by atoms with Gasteiger partial charge in [0.15, 0.2) is 0 Å². The van der Waals surface area contributed by atoms with E-state index in [4.69, 9.17) is 17.3 Å². The van der Waals surface area contributed by atoms with Crippen molar-refractivity contribution in [1.29, 1.82) is 0 Å². The molecular weight excluding hydrogens is 282 g/mol. The van der Waals surface area contributed by atoms with Crippen molar-refractivity contribution in [2.24, 2.45) is 5.73 Å². The van der Waals surface area contributed by atoms with Crippen LogP contribution in [0, 0.1) is 0 Å². The lowest BCUT2D eigenvalue weighted by atomic mass is 10.1. The van der Waals surface area contributed by atoms with Crippen LogP contribution in [-0.2, 0) is 13.1 Å². The number of benzene rings is 2. The first-order valence-electron chi connectivity index (χ1n) is 6.82. The van der Waals surface area contributed by atoms with Gasteiger partial charge >= 0.3 is 0 Å². The maximum Gasteiger partial charge on any atom is 0.0737 e. The van der Waals surface area contributed by atoms with Crippen LogP contribution in [0.3, 0.4) is 0 Å². The van der Waals surface area contributed by atoms with E-state index in [1.54, 1.807) is 6.20 Å². The van der Waals surface area contributed by atoms with Gasteiger partial charge < -0.3 is 11.1 Å². The molecular formula is C17H16ClN3. The van der Waals surface area contributed by atoms with Crippen LogP contribution in [0.4, 0.5) is 5.69 Å². The molecule has 3 nitrogen and oxygen atoms in total. The average molecular weight is 298 g/mol. The van der Waals surface area contributed by atoms with Gasteiger partial charge in [-0.05, 0) is 35.4 Å². The number of pyridine rings is 1. The fraction of sp³-hybridized carbons (Fsp3) is 0.118. The van der Waals surface area contributed by atoms with E-state index < -0.39 is 0 Å². The Labute approximate surface area is 128 Å². The van der Waals surface area contributed by atoms with E-state index in [0.29, 0.717) is 11.6 Å². The van der Waals surface area contributed by atoms with Gasteiger partial charge in [0.1, 0.15) is 0 Å². The maximum absolute atomic E-state index is 6.01. The third kappa shape index (κ3) is 3.15. The predicted molar refractivity (Wildman–Crippen MR) is 88.4 cm³/mol. The molecule has 1 heterocycles. The van der Waals surface area contributed by atoms with Gasteiger partial charge in [0, 0.05) is 35.4 Å². The summed E-state index contributed by atoms with van der Waals surface area (Å²) >= 11 is 6.01. The van der Waals surface area contributed by atoms with Crippen molar-refractivity contribution >= 4 is 28.2 Å². The third-order valence-corrected chi connectivity index (χ3v) is 3.65. The number of aromatic nitrogens is 1. The SMILES string of the molecule is NCc1cccc(CNc2ccnc3cc(Cl)ccc23)c1. The quantitative estimate of drug-likeness (QED) is 0.766. The zero-order valence-corrected chi connectivity index (χ0v) is 12.3. The summed E-state index contributed by atoms with van der Waals surface area (Å²) in [5, 5.41) is 5.21. The van der Waals surface area contributed by atoms with Crippen LogP contribution in [0.15, 0.2) is 54.7 Å². The van der Waals surface area contributed by atoms with Crippen molar-refractivity contribution in [2.75, 3.05) is 5.32 Å². The van der Waals surface area contributed by atoms with Gasteiger partial charge in [-0.1, -0.05) is 35.9 Å². The van der Waals surface area contributed by atoms with Crippen LogP contribution in [0.25, 0.3) is 10.9 Å². The molecule has 4 heteroatoms. The molecule has 0 spiro atoms. The molecule has 0 saturated heterocycles. The van der Waals surface area contributed by atoms with Crippen molar-refractivity contribution in [3.63, 3.8) is 0 Å². The van der Waals surface area contributed by atoms with Crippen LogP contribution in [0.5, 0.6) is 0 Å². The van der Waals surface area contributed by atoms with E-state index in [2.05, 4.69) is 22.4 Å². The van der Waals surface area contributed by atoms with E-state index in [9.17, 15) is 0 Å². The van der Waals surface area contributed by atoms with E-state index in [1.165, 1.54) is 5.56 Å². The van der Waals surface area contributed by atoms with Crippen LogP contribution in [0.2, 0.25) is 5.02 Å². The maximum atomic E-state index is 6.01. The Balaban J connectivity index is 1.84. The molecule has 0 saturated carbocycles. The minimum atomic E-state index is 0.560. The highest BCUT2D eigenvalue weighted by Gasteiger charge is 2.03. The monoisotopic (exact) mass is 297 g/mol. The van der Waals surface area contributed by atoms with Gasteiger partial charge in [0.25, 0.3) is 0 Å². The highest BCUT2D eigenvalue weighted by atomic mass is 35.5. The lowest BCUT2D eigenvalue weighted by Crippen LogP contribution is -2.02. The molecule has 3 aromatic rings. The van der Waals surface area contributed by atoms with Crippen LogP contribution < -0.4 is 11.1 Å². The van der Waals surface area contributed by atoms with Crippen molar-refractivity contribution in [3.8, 4) is 0 Å². The summed E-state index contributed by atoms with van der Waals surface area (Å²) in [5.74, 6) is 0. The molecule has 0 unspecified atom stereocenters. The highest BCUT2D eigenvalue weighted by molar-refractivity contribution is 6.31. The predicted octanol–water partition coefficient (Wildman–Crippen LogP) is 3.96. The number of fused-ring (bicyclic) bond motifs is 1. The zero-order chi connectivity index (χ0) is 14.7. The number of hydrogen-bond acceptors (Lipinski definition) is 3. The van der Waals surface area contributed by atoms with Gasteiger partial charge in [-0.25, -0.2) is 0 Å². The molecule has 0 aliphatic carbocycles. The molecule has 3 N–H and O–H groups in total. The van der Waals surface area contributed by atoms with Gasteiger partial charge in [0.2, 0.25) is 0 Å². The molecule has 0 amide bonds. The summed E-state index contributed by atoms with van der Waals surface area (Å²) in [5.41, 5.74) is 9.96. The second-order valence-corrected chi connectivity index (χ2v) is 5.33. The molecule has 3 rings (SSSR count). The fourth-order valence-corrected chi connectivity index (χ4v) is 2.51. The molecule has 0 fully saturated rings. The number of anilines is 1. The topological polar surface area (TPSA) is 50.9 Å². The molecule has 0 atom stereocenters. The summed E-state index contributed by atoms with van der Waals surface area (Å²) in [6.45, 7) is 1.31. The van der Waals surface area contributed by atoms with Crippen LogP contribution in [0.1, 0.15) is 11.1 Å². The summed E-state index contributed by atoms with van der Waals surface area (Å²) in [4.78, 5) is 4.34. The normalized spacial score (nSPS) is 10.8. The van der Waals surface area contributed by atoms with E-state index in [1.807, 2.05) is 36.4 Å². The largest absolute Gasteiger partial charge is 0.380 e. The molecule has 0 aliphatic heterocycles. The number of rotatable bonds is 4. The Morgan fingerprint density at radius 1 is 1.05 bits per heavy atom. The third-order valence-electron chi connectivity index (χ3n) is 3.41. The minimum absolute atomic E-state index is 0.560. The number of nitrogens with two attached hydrogens (primary N) is 1. The van der Waals surface area contributed by atoms with Crippen molar-refractivity contribution in [1.82, 2.24) is 4.98 Å². The van der Waals surface area contributed by atoms with Gasteiger partial charge in [-0.15, -0.1) is 0 Å². The lowest BCUT2D eigenvalue weighted by molar-refractivity contribution is 1.05. The first-order valence-corrected chi connectivity index (χ1v) is 7.20. The van der Waals surface area contributed by atoms with Crippen molar-refractivity contribution < 1.29 is 0 Å². The van der Waals surface area contributed by atoms with Crippen molar-refractivity contribution in [2.45, 2.75) is 13.1 Å². The average Bonchev–Trinajstić information content (AvgIpc) is 2.52. The Morgan fingerprint density at radius 2 is 1.90 bits per heavy atom. The van der Waals surface area contributed by atoms with Crippen molar-refractivity contribution in [3.05, 3.63) is 70.9 Å². The number of halogens is 1. The smallest absolute Gasteiger partial charge is 0.0737 e. The fourth-order valence-electron chi connectivity index (χ4n) is 2.34. The van der Waals surface area contributed by atoms with E-state index >= 15 is 0 Å². The first-order chi connectivity index (χ1) is 10.3. The highest BCUT2D eigenvalue weighted by Crippen LogP contribution is 2.24. The molecule has 1 aromatic heterocycles. The molecule has 106 valence electrons. The minimum Gasteiger partial charge on any atom is -0.380 e. The Bertz CT molecular complexity index is 771. The van der Waals surface area contributed by atoms with Gasteiger partial charge in [-0.2, -0.15) is 0 Å². The Morgan fingerprint density at radius 3 is 2.76 bits per heavy atom. The zero-order valence-electron chi connectivity index (χ0n) is 11.5. The molecule has 0 bridgehead atoms. The summed E-state index contributed by atoms with van der Waals surface area (Å²) in [7, 11) is 0. The van der Waals surface area contributed by atoms with Gasteiger partial charge in [-0.3, -0.25) is 4.98 Å². The second-order valence-electron chi connectivity index (χ2n) is 4.90. The standard InChI is InChI=1S/C17H16ClN3/c18-14-4-5-15-16(6-7-20-17(15)9-14)21-11-13-3-1-2-12(8-13)10-19/h1-9H,10-11,19H2,(H,20,21). The lowest BCUT2D eigenvalue weighted by Gasteiger charge is -2.10. The molecule has 0 radical (unpaired) electrons. The Kier molecular flexibility index (Phi) is 4.04. The molecule has 2 aromatic carbocycles. The van der Waals surface area contributed by atoms with E-state index in [0.717, 1.165) is 28.7 Å². The first kappa shape index (κ1) is 13.9. The number of nitrogens with zero attached hydrogens (tertiary/aromatic N) is 1. The van der Waals surface area contributed by atoms with Gasteiger partial charge in [0.05, 0.1) is 5.52 Å². The van der Waals surface area contributed by atoms with Crippen LogP contribution >= 0.6 is 11.6 Å². The van der Waals surface area contributed by atoms with E-state index in [-0.39, 0.29) is 0 Å². The molecule has 21 heavy (non-hydrogen) atoms.